The van der Waals surface area contributed by atoms with Crippen LogP contribution < -0.4 is 37.7 Å². The van der Waals surface area contributed by atoms with E-state index in [4.69, 9.17) is 0 Å². The fourth-order valence-electron chi connectivity index (χ4n) is 13.5. The molecule has 0 unspecified atom stereocenters. The summed E-state index contributed by atoms with van der Waals surface area (Å²) in [7, 11) is 0. The summed E-state index contributed by atoms with van der Waals surface area (Å²) in [4.78, 5) is 2.52. The molecule has 9 aromatic carbocycles. The first kappa shape index (κ1) is 51.0. The van der Waals surface area contributed by atoms with Gasteiger partial charge in [-0.3, -0.25) is 0 Å². The lowest BCUT2D eigenvalue weighted by Gasteiger charge is -2.46. The lowest BCUT2D eigenvalue weighted by molar-refractivity contribution is 0.731. The zero-order valence-electron chi connectivity index (χ0n) is 47.1. The van der Waals surface area contributed by atoms with E-state index in [1.807, 2.05) is 0 Å². The van der Waals surface area contributed by atoms with Crippen LogP contribution in [0.25, 0.3) is 11.1 Å². The predicted molar refractivity (Wildman–Crippen MR) is 332 cm³/mol. The second kappa shape index (κ2) is 20.5. The highest BCUT2D eigenvalue weighted by molar-refractivity contribution is 7.11. The van der Waals surface area contributed by atoms with Crippen molar-refractivity contribution < 1.29 is 0 Å². The maximum absolute atomic E-state index is 2.62. The van der Waals surface area contributed by atoms with E-state index >= 15 is 0 Å². The van der Waals surface area contributed by atoms with Crippen LogP contribution in [0.5, 0.6) is 0 Å². The van der Waals surface area contributed by atoms with Gasteiger partial charge in [0.25, 0.3) is 0 Å². The monoisotopic (exact) mass is 988 g/mol. The molecular formula is C73H75B2N. The molecule has 0 fully saturated rings. The molecule has 2 aliphatic heterocycles. The highest BCUT2D eigenvalue weighted by Crippen LogP contribution is 2.57. The van der Waals surface area contributed by atoms with Gasteiger partial charge in [-0.15, -0.1) is 0 Å². The molecule has 0 bridgehead atoms. The van der Waals surface area contributed by atoms with Gasteiger partial charge >= 0.3 is 0 Å². The molecule has 3 heteroatoms. The SMILES string of the molecule is CC(C)c1cc(C(C)C)c(B2c3ccccc3B(c3c(C(C)C)cc(C(C)C)cc3C(C)C)c3cc(-c4cccc(N5c6ccccc6C(c6ccccc6)(c6ccccc6)c6ccccc65)c4)ccc32)c(C(C)C)c1. The molecule has 0 spiro atoms. The van der Waals surface area contributed by atoms with Gasteiger partial charge in [-0.2, -0.15) is 0 Å². The summed E-state index contributed by atoms with van der Waals surface area (Å²) in [6, 6.07) is 77.3. The molecule has 2 heterocycles. The van der Waals surface area contributed by atoms with Crippen LogP contribution in [-0.4, -0.2) is 13.4 Å². The van der Waals surface area contributed by atoms with Gasteiger partial charge in [-0.25, -0.2) is 0 Å². The third-order valence-electron chi connectivity index (χ3n) is 17.2. The van der Waals surface area contributed by atoms with Crippen LogP contribution in [0.4, 0.5) is 17.1 Å². The smallest absolute Gasteiger partial charge is 0.240 e. The predicted octanol–water partition coefficient (Wildman–Crippen LogP) is 15.6. The Morgan fingerprint density at radius 3 is 1.13 bits per heavy atom. The van der Waals surface area contributed by atoms with Gasteiger partial charge in [-0.05, 0) is 127 Å². The van der Waals surface area contributed by atoms with Gasteiger partial charge in [0.1, 0.15) is 0 Å². The number of benzene rings is 9. The van der Waals surface area contributed by atoms with Crippen molar-refractivity contribution in [2.45, 2.75) is 124 Å². The van der Waals surface area contributed by atoms with Crippen molar-refractivity contribution in [3.8, 4) is 11.1 Å². The minimum absolute atomic E-state index is 0.0477. The number of para-hydroxylation sites is 2. The lowest BCUT2D eigenvalue weighted by Crippen LogP contribution is -2.76. The molecule has 0 saturated carbocycles. The molecule has 2 aliphatic rings. The fourth-order valence-corrected chi connectivity index (χ4v) is 13.5. The molecule has 0 aliphatic carbocycles. The van der Waals surface area contributed by atoms with E-state index in [1.54, 1.807) is 0 Å². The number of hydrogen-bond acceptors (Lipinski definition) is 1. The van der Waals surface area contributed by atoms with Crippen LogP contribution in [0.15, 0.2) is 200 Å². The molecule has 0 amide bonds. The summed E-state index contributed by atoms with van der Waals surface area (Å²) < 4.78 is 0. The van der Waals surface area contributed by atoms with Crippen LogP contribution in [0, 0.1) is 0 Å². The molecule has 0 radical (unpaired) electrons. The Labute approximate surface area is 456 Å². The molecule has 9 aromatic rings. The van der Waals surface area contributed by atoms with Crippen molar-refractivity contribution in [2.24, 2.45) is 0 Å². The summed E-state index contributed by atoms with van der Waals surface area (Å²) in [6.45, 7) is 28.8. The molecular weight excluding hydrogens is 912 g/mol. The third-order valence-corrected chi connectivity index (χ3v) is 17.2. The number of hydrogen-bond donors (Lipinski definition) is 0. The molecule has 1 nitrogen and oxygen atoms in total. The van der Waals surface area contributed by atoms with Gasteiger partial charge in [0.05, 0.1) is 16.8 Å². The molecule has 0 aromatic heterocycles. The molecule has 0 N–H and O–H groups in total. The normalized spacial score (nSPS) is 13.7. The van der Waals surface area contributed by atoms with Crippen LogP contribution >= 0.6 is 0 Å². The Morgan fingerprint density at radius 2 is 0.697 bits per heavy atom. The number of rotatable bonds is 12. The fraction of sp³-hybridized carbons (Fsp3) is 0.260. The van der Waals surface area contributed by atoms with E-state index in [1.165, 1.54) is 111 Å². The summed E-state index contributed by atoms with van der Waals surface area (Å²) in [6.07, 6.45) is 0. The van der Waals surface area contributed by atoms with Crippen molar-refractivity contribution in [3.63, 3.8) is 0 Å². The summed E-state index contributed by atoms with van der Waals surface area (Å²) in [5.74, 6) is 2.30. The first-order valence-electron chi connectivity index (χ1n) is 28.5. The number of fused-ring (bicyclic) bond motifs is 4. The molecule has 0 atom stereocenters. The zero-order valence-corrected chi connectivity index (χ0v) is 47.1. The standard InChI is InChI=1S/C73H75B2N/c1-46(2)54-41-59(48(5)6)71(60(42-54)49(7)8)74-65-34-21-22-35-66(65)75(72-61(50(9)10)43-55(47(3)4)44-62(72)51(11)12)68-45-53(38-39-67(68)74)52-26-25-31-58(40-52)76-69-36-23-19-32-63(69)73(56-27-15-13-16-28-56,57-29-17-14-18-30-57)64-33-20-24-37-70(64)76/h13-51H,1-12H3. The van der Waals surface area contributed by atoms with E-state index in [0.29, 0.717) is 35.5 Å². The average molecular weight is 988 g/mol. The first-order chi connectivity index (χ1) is 36.7. The third kappa shape index (κ3) is 8.50. The Balaban J connectivity index is 1.16. The van der Waals surface area contributed by atoms with Crippen molar-refractivity contribution in [1.82, 2.24) is 0 Å². The highest BCUT2D eigenvalue weighted by atomic mass is 15.2. The van der Waals surface area contributed by atoms with Crippen LogP contribution in [-0.2, 0) is 5.41 Å². The summed E-state index contributed by atoms with van der Waals surface area (Å²) >= 11 is 0. The largest absolute Gasteiger partial charge is 0.310 e. The minimum atomic E-state index is -0.527. The summed E-state index contributed by atoms with van der Waals surface area (Å²) in [5.41, 5.74) is 28.0. The molecule has 0 saturated heterocycles. The van der Waals surface area contributed by atoms with Gasteiger partial charge in [0.15, 0.2) is 0 Å². The van der Waals surface area contributed by atoms with E-state index in [0.717, 1.165) is 5.69 Å². The lowest BCUT2D eigenvalue weighted by atomic mass is 9.20. The molecule has 11 rings (SSSR count). The topological polar surface area (TPSA) is 3.24 Å². The maximum Gasteiger partial charge on any atom is 0.240 e. The number of nitrogens with zero attached hydrogens (tertiary/aromatic N) is 1. The van der Waals surface area contributed by atoms with Gasteiger partial charge in [0.2, 0.25) is 13.4 Å². The Kier molecular flexibility index (Phi) is 13.7. The van der Waals surface area contributed by atoms with Gasteiger partial charge in [-0.1, -0.05) is 292 Å². The van der Waals surface area contributed by atoms with Gasteiger partial charge < -0.3 is 4.90 Å². The Morgan fingerprint density at radius 1 is 0.316 bits per heavy atom. The number of anilines is 3. The van der Waals surface area contributed by atoms with E-state index < -0.39 is 5.41 Å². The first-order valence-corrected chi connectivity index (χ1v) is 28.5. The second-order valence-corrected chi connectivity index (χ2v) is 23.9. The summed E-state index contributed by atoms with van der Waals surface area (Å²) in [5, 5.41) is 0. The van der Waals surface area contributed by atoms with Crippen LogP contribution in [0.2, 0.25) is 0 Å². The van der Waals surface area contributed by atoms with Crippen LogP contribution in [0.3, 0.4) is 0 Å². The van der Waals surface area contributed by atoms with Crippen molar-refractivity contribution in [3.05, 3.63) is 256 Å². The maximum atomic E-state index is 2.62. The van der Waals surface area contributed by atoms with E-state index in [2.05, 4.69) is 288 Å². The second-order valence-electron chi connectivity index (χ2n) is 23.9. The Hall–Kier alpha value is -7.09. The van der Waals surface area contributed by atoms with E-state index in [-0.39, 0.29) is 13.4 Å². The van der Waals surface area contributed by atoms with Crippen molar-refractivity contribution >= 4 is 63.3 Å². The quantitative estimate of drug-likeness (QED) is 0.110. The Bertz CT molecular complexity index is 3430. The average Bonchev–Trinajstić information content (AvgIpc) is 3.62. The highest BCUT2D eigenvalue weighted by Gasteiger charge is 2.47. The van der Waals surface area contributed by atoms with Crippen LogP contribution in [0.1, 0.15) is 174 Å². The van der Waals surface area contributed by atoms with Crippen molar-refractivity contribution in [1.29, 1.82) is 0 Å². The zero-order chi connectivity index (χ0) is 53.2. The van der Waals surface area contributed by atoms with Crippen molar-refractivity contribution in [2.75, 3.05) is 4.90 Å². The minimum Gasteiger partial charge on any atom is -0.310 e. The van der Waals surface area contributed by atoms with E-state index in [9.17, 15) is 0 Å². The molecule has 76 heavy (non-hydrogen) atoms. The molecule has 378 valence electrons. The van der Waals surface area contributed by atoms with Gasteiger partial charge in [0, 0.05) is 5.69 Å².